The van der Waals surface area contributed by atoms with Gasteiger partial charge in [-0.2, -0.15) is 4.98 Å². The molecule has 1 aliphatic rings. The summed E-state index contributed by atoms with van der Waals surface area (Å²) < 4.78 is 10.8. The molecule has 1 unspecified atom stereocenters. The van der Waals surface area contributed by atoms with Crippen LogP contribution in [0.25, 0.3) is 11.5 Å². The molecule has 1 aliphatic heterocycles. The third kappa shape index (κ3) is 2.32. The van der Waals surface area contributed by atoms with Crippen LogP contribution < -0.4 is 5.69 Å². The van der Waals surface area contributed by atoms with Crippen LogP contribution in [-0.2, 0) is 11.2 Å². The maximum Gasteiger partial charge on any atom is 0.345 e. The van der Waals surface area contributed by atoms with Crippen molar-refractivity contribution in [3.05, 3.63) is 75.5 Å². The van der Waals surface area contributed by atoms with Gasteiger partial charge in [0, 0.05) is 6.42 Å². The second-order valence-corrected chi connectivity index (χ2v) is 5.68. The summed E-state index contributed by atoms with van der Waals surface area (Å²) in [6, 6.07) is 11.2. The first-order chi connectivity index (χ1) is 11.6. The summed E-state index contributed by atoms with van der Waals surface area (Å²) in [5.74, 6) is -0.135. The summed E-state index contributed by atoms with van der Waals surface area (Å²) >= 11 is 0. The Balaban J connectivity index is 1.81. The number of esters is 1. The van der Waals surface area contributed by atoms with E-state index in [0.717, 1.165) is 11.1 Å². The summed E-state index contributed by atoms with van der Waals surface area (Å²) in [5.41, 5.74) is 2.56. The van der Waals surface area contributed by atoms with Crippen molar-refractivity contribution in [2.24, 2.45) is 0 Å². The van der Waals surface area contributed by atoms with Crippen LogP contribution in [0.1, 0.15) is 33.3 Å². The number of carbonyl (C=O) groups excluding carboxylic acids is 1. The van der Waals surface area contributed by atoms with E-state index >= 15 is 0 Å². The lowest BCUT2D eigenvalue weighted by Gasteiger charge is -2.12. The minimum Gasteiger partial charge on any atom is -0.463 e. The Morgan fingerprint density at radius 3 is 2.75 bits per heavy atom. The normalized spacial score (nSPS) is 16.0. The lowest BCUT2D eigenvalue weighted by molar-refractivity contribution is 0.0382. The molecule has 0 radical (unpaired) electrons. The molecule has 0 fully saturated rings. The molecular weight excluding hydrogens is 308 g/mol. The van der Waals surface area contributed by atoms with Crippen molar-refractivity contribution in [3.8, 4) is 11.5 Å². The van der Waals surface area contributed by atoms with E-state index < -0.39 is 17.8 Å². The molecule has 0 saturated heterocycles. The molecule has 1 N–H and O–H groups in total. The Bertz CT molecular complexity index is 973. The van der Waals surface area contributed by atoms with E-state index in [9.17, 15) is 9.59 Å². The van der Waals surface area contributed by atoms with Gasteiger partial charge in [0.05, 0.1) is 12.0 Å². The van der Waals surface area contributed by atoms with Gasteiger partial charge in [-0.25, -0.2) is 9.59 Å². The number of benzene rings is 1. The average molecular weight is 322 g/mol. The number of aromatic nitrogens is 2. The standard InChI is InChI=1S/C18H14N2O4/c1-10-5-2-3-6-11(10)9-13-16-14(17(21)24-13)15(19-18(22)20-16)12-7-4-8-23-12/h2-8,13H,9H2,1H3,(H,19,20,22). The number of aryl methyl sites for hydroxylation is 1. The summed E-state index contributed by atoms with van der Waals surface area (Å²) in [7, 11) is 0. The fourth-order valence-corrected chi connectivity index (χ4v) is 2.96. The molecule has 0 saturated carbocycles. The number of hydrogen-bond donors (Lipinski definition) is 1. The molecule has 0 bridgehead atoms. The van der Waals surface area contributed by atoms with Crippen molar-refractivity contribution >= 4 is 5.97 Å². The van der Waals surface area contributed by atoms with Gasteiger partial charge in [-0.15, -0.1) is 0 Å². The first-order valence-corrected chi connectivity index (χ1v) is 7.57. The number of fused-ring (bicyclic) bond motifs is 1. The highest BCUT2D eigenvalue weighted by Gasteiger charge is 2.36. The quantitative estimate of drug-likeness (QED) is 0.749. The SMILES string of the molecule is Cc1ccccc1CC1OC(=O)c2c(-c3ccco3)nc(=O)[nH]c21. The molecule has 0 spiro atoms. The number of rotatable bonds is 3. The summed E-state index contributed by atoms with van der Waals surface area (Å²) in [6.07, 6.45) is 1.41. The number of ether oxygens (including phenoxy) is 1. The predicted molar refractivity (Wildman–Crippen MR) is 85.6 cm³/mol. The topological polar surface area (TPSA) is 85.2 Å². The zero-order chi connectivity index (χ0) is 16.7. The lowest BCUT2D eigenvalue weighted by atomic mass is 9.99. The monoisotopic (exact) mass is 322 g/mol. The minimum absolute atomic E-state index is 0.219. The number of H-pyrrole nitrogens is 1. The van der Waals surface area contributed by atoms with Crippen molar-refractivity contribution in [1.82, 2.24) is 9.97 Å². The van der Waals surface area contributed by atoms with Gasteiger partial charge in [-0.05, 0) is 30.2 Å². The number of cyclic esters (lactones) is 1. The van der Waals surface area contributed by atoms with Crippen LogP contribution in [0, 0.1) is 6.92 Å². The number of hydrogen-bond acceptors (Lipinski definition) is 5. The van der Waals surface area contributed by atoms with E-state index in [4.69, 9.17) is 9.15 Å². The predicted octanol–water partition coefficient (Wildman–Crippen LogP) is 2.79. The number of furan rings is 1. The van der Waals surface area contributed by atoms with Gasteiger partial charge in [-0.1, -0.05) is 24.3 Å². The Labute approximate surface area is 137 Å². The molecule has 1 aromatic carbocycles. The van der Waals surface area contributed by atoms with Crippen molar-refractivity contribution in [2.75, 3.05) is 0 Å². The van der Waals surface area contributed by atoms with Gasteiger partial charge < -0.3 is 14.1 Å². The van der Waals surface area contributed by atoms with Crippen LogP contribution in [0.3, 0.4) is 0 Å². The molecule has 0 amide bonds. The molecule has 3 aromatic rings. The van der Waals surface area contributed by atoms with Crippen molar-refractivity contribution in [1.29, 1.82) is 0 Å². The van der Waals surface area contributed by atoms with Crippen LogP contribution in [0.5, 0.6) is 0 Å². The van der Waals surface area contributed by atoms with Crippen LogP contribution in [0.4, 0.5) is 0 Å². The van der Waals surface area contributed by atoms with Crippen molar-refractivity contribution in [2.45, 2.75) is 19.4 Å². The fourth-order valence-electron chi connectivity index (χ4n) is 2.96. The average Bonchev–Trinajstić information content (AvgIpc) is 3.18. The molecule has 4 rings (SSSR count). The van der Waals surface area contributed by atoms with Crippen molar-refractivity contribution in [3.63, 3.8) is 0 Å². The molecular formula is C18H14N2O4. The Kier molecular flexibility index (Phi) is 3.30. The molecule has 1 atom stereocenters. The van der Waals surface area contributed by atoms with E-state index in [1.165, 1.54) is 6.26 Å². The molecule has 6 nitrogen and oxygen atoms in total. The van der Waals surface area contributed by atoms with Gasteiger partial charge in [0.2, 0.25) is 0 Å². The van der Waals surface area contributed by atoms with E-state index in [-0.39, 0.29) is 11.3 Å². The molecule has 120 valence electrons. The number of nitrogens with one attached hydrogen (secondary N) is 1. The maximum absolute atomic E-state index is 12.4. The zero-order valence-electron chi connectivity index (χ0n) is 12.9. The van der Waals surface area contributed by atoms with Crippen LogP contribution in [0.15, 0.2) is 51.9 Å². The Morgan fingerprint density at radius 1 is 1.17 bits per heavy atom. The third-order valence-electron chi connectivity index (χ3n) is 4.16. The molecule has 3 heterocycles. The number of aromatic amines is 1. The first kappa shape index (κ1) is 14.4. The zero-order valence-corrected chi connectivity index (χ0v) is 12.9. The third-order valence-corrected chi connectivity index (χ3v) is 4.16. The van der Waals surface area contributed by atoms with Gasteiger partial charge >= 0.3 is 11.7 Å². The van der Waals surface area contributed by atoms with Crippen LogP contribution in [-0.4, -0.2) is 15.9 Å². The van der Waals surface area contributed by atoms with E-state index in [0.29, 0.717) is 17.9 Å². The summed E-state index contributed by atoms with van der Waals surface area (Å²) in [4.78, 5) is 30.8. The molecule has 24 heavy (non-hydrogen) atoms. The second kappa shape index (κ2) is 5.49. The number of carbonyl (C=O) groups is 1. The van der Waals surface area contributed by atoms with E-state index in [2.05, 4.69) is 9.97 Å². The minimum atomic E-state index is -0.544. The van der Waals surface area contributed by atoms with Gasteiger partial charge in [0.15, 0.2) is 5.76 Å². The highest BCUT2D eigenvalue weighted by atomic mass is 16.5. The summed E-state index contributed by atoms with van der Waals surface area (Å²) in [5, 5.41) is 0. The van der Waals surface area contributed by atoms with Crippen LogP contribution >= 0.6 is 0 Å². The van der Waals surface area contributed by atoms with Gasteiger partial charge in [0.25, 0.3) is 0 Å². The molecule has 6 heteroatoms. The highest BCUT2D eigenvalue weighted by Crippen LogP contribution is 2.36. The second-order valence-electron chi connectivity index (χ2n) is 5.68. The van der Waals surface area contributed by atoms with Crippen molar-refractivity contribution < 1.29 is 13.9 Å². The van der Waals surface area contributed by atoms with Crippen LogP contribution in [0.2, 0.25) is 0 Å². The highest BCUT2D eigenvalue weighted by molar-refractivity contribution is 5.99. The fraction of sp³-hybridized carbons (Fsp3) is 0.167. The van der Waals surface area contributed by atoms with E-state index in [1.54, 1.807) is 12.1 Å². The smallest absolute Gasteiger partial charge is 0.345 e. The molecule has 0 aliphatic carbocycles. The van der Waals surface area contributed by atoms with E-state index in [1.807, 2.05) is 31.2 Å². The first-order valence-electron chi connectivity index (χ1n) is 7.57. The maximum atomic E-state index is 12.4. The summed E-state index contributed by atoms with van der Waals surface area (Å²) in [6.45, 7) is 2.00. The van der Waals surface area contributed by atoms with Gasteiger partial charge in [-0.3, -0.25) is 0 Å². The lowest BCUT2D eigenvalue weighted by Crippen LogP contribution is -2.17. The number of nitrogens with zero attached hydrogens (tertiary/aromatic N) is 1. The van der Waals surface area contributed by atoms with Gasteiger partial charge in [0.1, 0.15) is 17.4 Å². The largest absolute Gasteiger partial charge is 0.463 e. The Morgan fingerprint density at radius 2 is 2.00 bits per heavy atom. The molecule has 2 aromatic heterocycles. The Hall–Kier alpha value is -3.15.